The van der Waals surface area contributed by atoms with Crippen molar-refractivity contribution in [2.24, 2.45) is 0 Å². The van der Waals surface area contributed by atoms with E-state index in [0.29, 0.717) is 22.2 Å². The summed E-state index contributed by atoms with van der Waals surface area (Å²) in [6.45, 7) is 1.80. The van der Waals surface area contributed by atoms with E-state index < -0.39 is 17.6 Å². The lowest BCUT2D eigenvalue weighted by atomic mass is 9.85. The fraction of sp³-hybridized carbons (Fsp3) is 0.190. The van der Waals surface area contributed by atoms with Crippen molar-refractivity contribution in [3.8, 4) is 10.9 Å². The molecule has 4 aromatic rings. The predicted molar refractivity (Wildman–Crippen MR) is 109 cm³/mol. The van der Waals surface area contributed by atoms with Crippen LogP contribution in [0.5, 0.6) is 5.75 Å². The van der Waals surface area contributed by atoms with Gasteiger partial charge in [0.1, 0.15) is 23.2 Å². The van der Waals surface area contributed by atoms with Crippen molar-refractivity contribution in [2.75, 3.05) is 12.4 Å². The number of halogens is 2. The summed E-state index contributed by atoms with van der Waals surface area (Å²) in [6, 6.07) is 8.98. The van der Waals surface area contributed by atoms with Crippen LogP contribution in [0.25, 0.3) is 15.3 Å². The lowest BCUT2D eigenvalue weighted by Gasteiger charge is -2.24. The van der Waals surface area contributed by atoms with Gasteiger partial charge in [0.15, 0.2) is 0 Å². The highest BCUT2D eigenvalue weighted by Gasteiger charge is 2.34. The van der Waals surface area contributed by atoms with Gasteiger partial charge < -0.3 is 10.1 Å². The Bertz CT molecular complexity index is 1310. The summed E-state index contributed by atoms with van der Waals surface area (Å²) in [5.41, 5.74) is 2.40. The van der Waals surface area contributed by atoms with Gasteiger partial charge in [-0.1, -0.05) is 17.4 Å². The number of rotatable bonds is 3. The molecule has 1 unspecified atom stereocenters. The normalized spacial score (nSPS) is 15.9. The number of nitrogens with one attached hydrogen (secondary N) is 1. The van der Waals surface area contributed by atoms with Crippen molar-refractivity contribution in [1.29, 1.82) is 0 Å². The summed E-state index contributed by atoms with van der Waals surface area (Å²) in [6.07, 6.45) is 0.0547. The fourth-order valence-electron chi connectivity index (χ4n) is 3.85. The molecule has 1 N–H and O–H groups in total. The van der Waals surface area contributed by atoms with Crippen LogP contribution in [0, 0.1) is 18.6 Å². The second kappa shape index (κ2) is 6.88. The predicted octanol–water partition coefficient (Wildman–Crippen LogP) is 4.55. The molecule has 2 aromatic heterocycles. The van der Waals surface area contributed by atoms with Gasteiger partial charge in [-0.25, -0.2) is 13.8 Å². The molecular formula is C21H16F2N4O2S. The number of fused-ring (bicyclic) bond motifs is 2. The van der Waals surface area contributed by atoms with Crippen LogP contribution in [0.15, 0.2) is 36.4 Å². The minimum Gasteiger partial charge on any atom is -0.497 e. The third-order valence-corrected chi connectivity index (χ3v) is 6.20. The fourth-order valence-corrected chi connectivity index (χ4v) is 4.80. The molecule has 0 spiro atoms. The molecule has 0 radical (unpaired) electrons. The van der Waals surface area contributed by atoms with Crippen molar-refractivity contribution < 1.29 is 18.3 Å². The molecule has 5 rings (SSSR count). The van der Waals surface area contributed by atoms with Crippen molar-refractivity contribution in [2.45, 2.75) is 19.3 Å². The Morgan fingerprint density at radius 1 is 1.23 bits per heavy atom. The number of carbonyl (C=O) groups is 1. The number of hydrogen-bond donors (Lipinski definition) is 1. The number of carbonyl (C=O) groups excluding carboxylic acids is 1. The molecule has 30 heavy (non-hydrogen) atoms. The van der Waals surface area contributed by atoms with E-state index in [-0.39, 0.29) is 17.9 Å². The van der Waals surface area contributed by atoms with Gasteiger partial charge in [0.05, 0.1) is 23.0 Å². The molecule has 0 saturated heterocycles. The average molecular weight is 426 g/mol. The quantitative estimate of drug-likeness (QED) is 0.522. The van der Waals surface area contributed by atoms with Crippen molar-refractivity contribution in [3.63, 3.8) is 0 Å². The average Bonchev–Trinajstić information content (AvgIpc) is 3.27. The van der Waals surface area contributed by atoms with E-state index in [1.807, 2.05) is 18.2 Å². The Hall–Kier alpha value is -3.33. The zero-order chi connectivity index (χ0) is 21.0. The monoisotopic (exact) mass is 426 g/mol. The number of nitrogens with zero attached hydrogens (tertiary/aromatic N) is 3. The van der Waals surface area contributed by atoms with E-state index in [1.54, 1.807) is 18.7 Å². The van der Waals surface area contributed by atoms with Crippen molar-refractivity contribution in [3.05, 3.63) is 64.9 Å². The van der Waals surface area contributed by atoms with Crippen LogP contribution in [0.2, 0.25) is 0 Å². The highest BCUT2D eigenvalue weighted by atomic mass is 32.1. The van der Waals surface area contributed by atoms with Gasteiger partial charge in [0.2, 0.25) is 11.0 Å². The van der Waals surface area contributed by atoms with E-state index >= 15 is 0 Å². The first-order chi connectivity index (χ1) is 14.4. The van der Waals surface area contributed by atoms with Gasteiger partial charge in [0, 0.05) is 24.0 Å². The molecule has 1 atom stereocenters. The number of hydrogen-bond acceptors (Lipinski definition) is 5. The zero-order valence-corrected chi connectivity index (χ0v) is 16.9. The van der Waals surface area contributed by atoms with E-state index in [0.717, 1.165) is 22.0 Å². The summed E-state index contributed by atoms with van der Waals surface area (Å²) >= 11 is 1.40. The summed E-state index contributed by atoms with van der Waals surface area (Å²) < 4.78 is 35.7. The molecule has 6 nitrogen and oxygen atoms in total. The van der Waals surface area contributed by atoms with Crippen LogP contribution >= 0.6 is 11.3 Å². The lowest BCUT2D eigenvalue weighted by Crippen LogP contribution is -2.25. The summed E-state index contributed by atoms with van der Waals surface area (Å²) in [4.78, 5) is 17.1. The maximum absolute atomic E-state index is 14.5. The van der Waals surface area contributed by atoms with Gasteiger partial charge in [-0.15, -0.1) is 0 Å². The van der Waals surface area contributed by atoms with Crippen LogP contribution in [0.3, 0.4) is 0 Å². The Kier molecular flexibility index (Phi) is 4.28. The molecule has 2 aromatic carbocycles. The van der Waals surface area contributed by atoms with E-state index in [1.165, 1.54) is 23.5 Å². The van der Waals surface area contributed by atoms with Crippen LogP contribution in [0.1, 0.15) is 29.2 Å². The molecule has 9 heteroatoms. The third-order valence-electron chi connectivity index (χ3n) is 5.21. The van der Waals surface area contributed by atoms with Gasteiger partial charge in [0.25, 0.3) is 0 Å². The Morgan fingerprint density at radius 2 is 2.07 bits per heavy atom. The first-order valence-corrected chi connectivity index (χ1v) is 10.1. The third kappa shape index (κ3) is 2.93. The first-order valence-electron chi connectivity index (χ1n) is 9.24. The first kappa shape index (κ1) is 18.7. The van der Waals surface area contributed by atoms with Gasteiger partial charge in [-0.3, -0.25) is 4.79 Å². The highest BCUT2D eigenvalue weighted by molar-refractivity contribution is 7.20. The second-order valence-electron chi connectivity index (χ2n) is 7.06. The van der Waals surface area contributed by atoms with Gasteiger partial charge in [-0.05, 0) is 36.8 Å². The number of anilines is 1. The molecule has 1 amide bonds. The second-order valence-corrected chi connectivity index (χ2v) is 8.07. The van der Waals surface area contributed by atoms with Crippen LogP contribution in [-0.2, 0) is 4.79 Å². The smallest absolute Gasteiger partial charge is 0.226 e. The molecule has 0 bridgehead atoms. The van der Waals surface area contributed by atoms with E-state index in [4.69, 9.17) is 4.74 Å². The van der Waals surface area contributed by atoms with Crippen LogP contribution in [-0.4, -0.2) is 27.8 Å². The number of aromatic nitrogens is 3. The summed E-state index contributed by atoms with van der Waals surface area (Å²) in [5.74, 6) is -0.980. The standard InChI is InChI=1S/C21H16F2N4O2S/c1-10-19-14(13-5-3-11(22)7-15(13)23)9-18(28)25-20(19)27(26-10)21-24-16-6-4-12(29-2)8-17(16)30-21/h3-8,14H,9H2,1-2H3,(H,25,28). The number of benzene rings is 2. The molecule has 0 fully saturated rings. The highest BCUT2D eigenvalue weighted by Crippen LogP contribution is 2.42. The van der Waals surface area contributed by atoms with E-state index in [9.17, 15) is 13.6 Å². The number of aryl methyl sites for hydroxylation is 1. The minimum atomic E-state index is -0.681. The molecule has 1 aliphatic heterocycles. The number of amides is 1. The Morgan fingerprint density at radius 3 is 2.83 bits per heavy atom. The zero-order valence-electron chi connectivity index (χ0n) is 16.1. The molecule has 0 aliphatic carbocycles. The minimum absolute atomic E-state index is 0.0547. The van der Waals surface area contributed by atoms with Gasteiger partial charge >= 0.3 is 0 Å². The lowest BCUT2D eigenvalue weighted by molar-refractivity contribution is -0.116. The molecular weight excluding hydrogens is 410 g/mol. The summed E-state index contributed by atoms with van der Waals surface area (Å²) in [5, 5.41) is 8.00. The SMILES string of the molecule is COc1ccc2nc(-n3nc(C)c4c3NC(=O)CC4c3ccc(F)cc3F)sc2c1. The van der Waals surface area contributed by atoms with E-state index in [2.05, 4.69) is 15.4 Å². The maximum Gasteiger partial charge on any atom is 0.226 e. The molecule has 1 aliphatic rings. The topological polar surface area (TPSA) is 69.0 Å². The molecule has 3 heterocycles. The van der Waals surface area contributed by atoms with Crippen molar-refractivity contribution >= 4 is 33.3 Å². The number of methoxy groups -OCH3 is 1. The number of ether oxygens (including phenoxy) is 1. The number of thiazole rings is 1. The Labute approximate surface area is 174 Å². The van der Waals surface area contributed by atoms with Crippen LogP contribution in [0.4, 0.5) is 14.6 Å². The van der Waals surface area contributed by atoms with Gasteiger partial charge in [-0.2, -0.15) is 9.78 Å². The largest absolute Gasteiger partial charge is 0.497 e. The molecule has 0 saturated carbocycles. The maximum atomic E-state index is 14.5. The summed E-state index contributed by atoms with van der Waals surface area (Å²) in [7, 11) is 1.60. The van der Waals surface area contributed by atoms with Crippen molar-refractivity contribution in [1.82, 2.24) is 14.8 Å². The van der Waals surface area contributed by atoms with Crippen LogP contribution < -0.4 is 10.1 Å². The Balaban J connectivity index is 1.66. The molecule has 152 valence electrons.